The number of hydrogen-bond acceptors (Lipinski definition) is 6. The minimum Gasteiger partial charge on any atom is -0.490 e. The smallest absolute Gasteiger partial charge is 0.257 e. The first-order valence-electron chi connectivity index (χ1n) is 11.0. The van der Waals surface area contributed by atoms with Gasteiger partial charge in [0.05, 0.1) is 18.8 Å². The van der Waals surface area contributed by atoms with E-state index in [2.05, 4.69) is 34.3 Å². The van der Waals surface area contributed by atoms with Crippen LogP contribution in [-0.2, 0) is 10.5 Å². The highest BCUT2D eigenvalue weighted by atomic mass is 32.2. The maximum Gasteiger partial charge on any atom is 0.257 e. The van der Waals surface area contributed by atoms with Crippen molar-refractivity contribution in [3.63, 3.8) is 0 Å². The number of aromatic amines is 1. The SMILES string of the molecule is CCOc1ccc(C2CC(=O)Nc3nc(SCc4ccccc4C)[nH]c(=O)c32)cc1OCC. The standard InChI is InChI=1S/C25H27N3O4S/c1-4-31-19-11-10-16(12-20(19)32-5-2)18-13-21(29)26-23-22(18)24(30)28-25(27-23)33-14-17-9-7-6-8-15(17)3/h6-12,18H,4-5,13-14H2,1-3H3,(H2,26,27,28,29,30). The molecular weight excluding hydrogens is 438 g/mol. The summed E-state index contributed by atoms with van der Waals surface area (Å²) in [6.45, 7) is 6.86. The first kappa shape index (κ1) is 22.9. The Labute approximate surface area is 196 Å². The first-order valence-corrected chi connectivity index (χ1v) is 12.0. The van der Waals surface area contributed by atoms with E-state index in [1.807, 2.05) is 44.2 Å². The lowest BCUT2D eigenvalue weighted by Crippen LogP contribution is -2.31. The molecule has 33 heavy (non-hydrogen) atoms. The average Bonchev–Trinajstić information content (AvgIpc) is 2.79. The molecule has 0 saturated carbocycles. The Morgan fingerprint density at radius 2 is 1.82 bits per heavy atom. The lowest BCUT2D eigenvalue weighted by atomic mass is 9.86. The van der Waals surface area contributed by atoms with Crippen molar-refractivity contribution < 1.29 is 14.3 Å². The molecule has 2 heterocycles. The van der Waals surface area contributed by atoms with E-state index in [1.54, 1.807) is 0 Å². The molecule has 0 fully saturated rings. The van der Waals surface area contributed by atoms with Crippen molar-refractivity contribution >= 4 is 23.5 Å². The molecule has 2 aromatic carbocycles. The summed E-state index contributed by atoms with van der Waals surface area (Å²) in [5.74, 6) is 1.63. The Kier molecular flexibility index (Phi) is 7.03. The number of aryl methyl sites for hydroxylation is 1. The lowest BCUT2D eigenvalue weighted by molar-refractivity contribution is -0.116. The highest BCUT2D eigenvalue weighted by Crippen LogP contribution is 2.38. The molecule has 0 bridgehead atoms. The van der Waals surface area contributed by atoms with Crippen molar-refractivity contribution in [2.45, 2.75) is 44.0 Å². The average molecular weight is 466 g/mol. The van der Waals surface area contributed by atoms with Crippen LogP contribution in [-0.4, -0.2) is 29.1 Å². The number of aromatic nitrogens is 2. The highest BCUT2D eigenvalue weighted by molar-refractivity contribution is 7.98. The Hall–Kier alpha value is -3.26. The van der Waals surface area contributed by atoms with E-state index in [0.29, 0.717) is 47.0 Å². The second-order valence-corrected chi connectivity index (χ2v) is 8.69. The zero-order chi connectivity index (χ0) is 23.4. The molecule has 0 saturated heterocycles. The third kappa shape index (κ3) is 5.06. The van der Waals surface area contributed by atoms with Gasteiger partial charge in [-0.2, -0.15) is 0 Å². The molecule has 7 nitrogen and oxygen atoms in total. The van der Waals surface area contributed by atoms with Crippen molar-refractivity contribution in [1.82, 2.24) is 9.97 Å². The summed E-state index contributed by atoms with van der Waals surface area (Å²) in [6, 6.07) is 13.6. The Bertz CT molecular complexity index is 1220. The third-order valence-electron chi connectivity index (χ3n) is 5.52. The molecule has 0 aliphatic carbocycles. The molecule has 1 atom stereocenters. The van der Waals surface area contributed by atoms with E-state index in [9.17, 15) is 9.59 Å². The van der Waals surface area contributed by atoms with Crippen LogP contribution in [0.15, 0.2) is 52.4 Å². The van der Waals surface area contributed by atoms with Crippen LogP contribution in [0.5, 0.6) is 11.5 Å². The number of amides is 1. The van der Waals surface area contributed by atoms with E-state index in [0.717, 1.165) is 5.56 Å². The molecular formula is C25H27N3O4S. The fourth-order valence-electron chi connectivity index (χ4n) is 3.91. The number of anilines is 1. The van der Waals surface area contributed by atoms with Gasteiger partial charge in [-0.15, -0.1) is 0 Å². The van der Waals surface area contributed by atoms with Crippen LogP contribution >= 0.6 is 11.8 Å². The van der Waals surface area contributed by atoms with E-state index in [4.69, 9.17) is 9.47 Å². The zero-order valence-corrected chi connectivity index (χ0v) is 19.8. The van der Waals surface area contributed by atoms with E-state index in [-0.39, 0.29) is 17.9 Å². The summed E-state index contributed by atoms with van der Waals surface area (Å²) in [5.41, 5.74) is 3.37. The normalized spacial score (nSPS) is 15.0. The van der Waals surface area contributed by atoms with Crippen molar-refractivity contribution in [3.8, 4) is 11.5 Å². The number of fused-ring (bicyclic) bond motifs is 1. The van der Waals surface area contributed by atoms with Crippen molar-refractivity contribution in [2.24, 2.45) is 0 Å². The number of carbonyl (C=O) groups excluding carboxylic acids is 1. The van der Waals surface area contributed by atoms with Gasteiger partial charge in [0, 0.05) is 18.1 Å². The monoisotopic (exact) mass is 465 g/mol. The molecule has 3 aromatic rings. The summed E-state index contributed by atoms with van der Waals surface area (Å²) >= 11 is 1.43. The fraction of sp³-hybridized carbons (Fsp3) is 0.320. The summed E-state index contributed by atoms with van der Waals surface area (Å²) in [6.07, 6.45) is 0.160. The van der Waals surface area contributed by atoms with Crippen molar-refractivity contribution in [1.29, 1.82) is 0 Å². The Balaban J connectivity index is 1.66. The van der Waals surface area contributed by atoms with Crippen LogP contribution in [0.1, 0.15) is 48.4 Å². The largest absolute Gasteiger partial charge is 0.490 e. The second kappa shape index (κ2) is 10.1. The van der Waals surface area contributed by atoms with Crippen LogP contribution in [0.3, 0.4) is 0 Å². The number of H-pyrrole nitrogens is 1. The number of thioether (sulfide) groups is 1. The first-order chi connectivity index (χ1) is 16.0. The minimum absolute atomic E-state index is 0.160. The summed E-state index contributed by atoms with van der Waals surface area (Å²) in [5, 5.41) is 3.26. The van der Waals surface area contributed by atoms with Gasteiger partial charge in [0.25, 0.3) is 5.56 Å². The van der Waals surface area contributed by atoms with E-state index in [1.165, 1.54) is 22.9 Å². The fourth-order valence-corrected chi connectivity index (χ4v) is 4.84. The zero-order valence-electron chi connectivity index (χ0n) is 18.9. The summed E-state index contributed by atoms with van der Waals surface area (Å²) in [7, 11) is 0. The van der Waals surface area contributed by atoms with Crippen molar-refractivity contribution in [3.05, 3.63) is 75.1 Å². The molecule has 8 heteroatoms. The molecule has 1 aliphatic heterocycles. The van der Waals surface area contributed by atoms with Gasteiger partial charge in [-0.25, -0.2) is 4.98 Å². The quantitative estimate of drug-likeness (QED) is 0.372. The van der Waals surface area contributed by atoms with Crippen LogP contribution in [0.25, 0.3) is 0 Å². The molecule has 0 radical (unpaired) electrons. The van der Waals surface area contributed by atoms with Crippen molar-refractivity contribution in [2.75, 3.05) is 18.5 Å². The van der Waals surface area contributed by atoms with Gasteiger partial charge in [-0.05, 0) is 49.6 Å². The number of ether oxygens (including phenoxy) is 2. The number of nitrogens with one attached hydrogen (secondary N) is 2. The molecule has 172 valence electrons. The van der Waals surface area contributed by atoms with Crippen LogP contribution in [0, 0.1) is 6.92 Å². The van der Waals surface area contributed by atoms with Gasteiger partial charge < -0.3 is 19.8 Å². The number of nitrogens with zero attached hydrogens (tertiary/aromatic N) is 1. The van der Waals surface area contributed by atoms with Crippen LogP contribution < -0.4 is 20.3 Å². The third-order valence-corrected chi connectivity index (χ3v) is 6.45. The molecule has 1 amide bonds. The van der Waals surface area contributed by atoms with E-state index >= 15 is 0 Å². The number of hydrogen-bond donors (Lipinski definition) is 2. The maximum atomic E-state index is 13.1. The van der Waals surface area contributed by atoms with Gasteiger partial charge in [-0.1, -0.05) is 42.1 Å². The highest BCUT2D eigenvalue weighted by Gasteiger charge is 2.31. The number of benzene rings is 2. The van der Waals surface area contributed by atoms with Crippen LogP contribution in [0.2, 0.25) is 0 Å². The number of rotatable bonds is 8. The molecule has 1 aliphatic rings. The molecule has 0 spiro atoms. The predicted octanol–water partition coefficient (Wildman–Crippen LogP) is 4.64. The van der Waals surface area contributed by atoms with Crippen LogP contribution in [0.4, 0.5) is 5.82 Å². The van der Waals surface area contributed by atoms with Gasteiger partial charge in [0.2, 0.25) is 5.91 Å². The summed E-state index contributed by atoms with van der Waals surface area (Å²) < 4.78 is 11.4. The Morgan fingerprint density at radius 1 is 1.06 bits per heavy atom. The molecule has 4 rings (SSSR count). The van der Waals surface area contributed by atoms with Gasteiger partial charge in [-0.3, -0.25) is 9.59 Å². The number of carbonyl (C=O) groups is 1. The summed E-state index contributed by atoms with van der Waals surface area (Å²) in [4.78, 5) is 33.1. The Morgan fingerprint density at radius 3 is 2.58 bits per heavy atom. The predicted molar refractivity (Wildman–Crippen MR) is 129 cm³/mol. The van der Waals surface area contributed by atoms with E-state index < -0.39 is 5.92 Å². The van der Waals surface area contributed by atoms with Gasteiger partial charge in [0.1, 0.15) is 5.82 Å². The van der Waals surface area contributed by atoms with Gasteiger partial charge >= 0.3 is 0 Å². The maximum absolute atomic E-state index is 13.1. The van der Waals surface area contributed by atoms with Gasteiger partial charge in [0.15, 0.2) is 16.7 Å². The topological polar surface area (TPSA) is 93.3 Å². The minimum atomic E-state index is -0.421. The lowest BCUT2D eigenvalue weighted by Gasteiger charge is -2.25. The molecule has 1 aromatic heterocycles. The molecule has 1 unspecified atom stereocenters. The molecule has 2 N–H and O–H groups in total. The second-order valence-electron chi connectivity index (χ2n) is 7.73.